The maximum absolute atomic E-state index is 12.6. The van der Waals surface area contributed by atoms with Gasteiger partial charge >= 0.3 is 0 Å². The summed E-state index contributed by atoms with van der Waals surface area (Å²) >= 11 is 0. The van der Waals surface area contributed by atoms with Gasteiger partial charge in [-0.2, -0.15) is 0 Å². The molecule has 1 amide bonds. The molecule has 2 aromatic heterocycles. The van der Waals surface area contributed by atoms with E-state index in [1.165, 1.54) is 0 Å². The summed E-state index contributed by atoms with van der Waals surface area (Å²) in [7, 11) is 3.96. The molecule has 0 unspecified atom stereocenters. The summed E-state index contributed by atoms with van der Waals surface area (Å²) < 4.78 is 5.85. The van der Waals surface area contributed by atoms with Crippen LogP contribution in [0.3, 0.4) is 0 Å². The van der Waals surface area contributed by atoms with Gasteiger partial charge < -0.3 is 14.6 Å². The van der Waals surface area contributed by atoms with Gasteiger partial charge in [0, 0.05) is 55.1 Å². The summed E-state index contributed by atoms with van der Waals surface area (Å²) in [5, 5.41) is 2.92. The zero-order chi connectivity index (χ0) is 19.7. The van der Waals surface area contributed by atoms with E-state index < -0.39 is 0 Å². The highest BCUT2D eigenvalue weighted by molar-refractivity contribution is 6.05. The zero-order valence-corrected chi connectivity index (χ0v) is 15.9. The first-order chi connectivity index (χ1) is 13.5. The maximum Gasteiger partial charge on any atom is 0.255 e. The van der Waals surface area contributed by atoms with Crippen LogP contribution in [-0.4, -0.2) is 30.0 Å². The number of aryl methyl sites for hydroxylation is 1. The van der Waals surface area contributed by atoms with E-state index >= 15 is 0 Å². The molecule has 0 atom stereocenters. The van der Waals surface area contributed by atoms with Crippen molar-refractivity contribution in [3.05, 3.63) is 72.1 Å². The molecule has 0 radical (unpaired) electrons. The Morgan fingerprint density at radius 2 is 1.82 bits per heavy atom. The standard InChI is InChI=1S/C22H20N4O2/c1-14-12-16(4-7-19(14)26(2)3)21(27)24-17-5-6-18-20(13-17)28-22(25-18)15-8-10-23-11-9-15/h4-13H,1-3H3,(H,24,27). The number of hydrogen-bond acceptors (Lipinski definition) is 5. The number of nitrogens with one attached hydrogen (secondary N) is 1. The van der Waals surface area contributed by atoms with Crippen molar-refractivity contribution >= 4 is 28.4 Å². The summed E-state index contributed by atoms with van der Waals surface area (Å²) in [4.78, 5) is 23.1. The number of carbonyl (C=O) groups is 1. The quantitative estimate of drug-likeness (QED) is 0.570. The van der Waals surface area contributed by atoms with Gasteiger partial charge in [0.1, 0.15) is 5.52 Å². The average molecular weight is 372 g/mol. The summed E-state index contributed by atoms with van der Waals surface area (Å²) in [5.74, 6) is 0.359. The van der Waals surface area contributed by atoms with Crippen molar-refractivity contribution in [2.75, 3.05) is 24.3 Å². The summed E-state index contributed by atoms with van der Waals surface area (Å²) in [6, 6.07) is 14.8. The van der Waals surface area contributed by atoms with Gasteiger partial charge in [-0.05, 0) is 55.0 Å². The number of benzene rings is 2. The van der Waals surface area contributed by atoms with Crippen LogP contribution in [0, 0.1) is 6.92 Å². The number of rotatable bonds is 4. The smallest absolute Gasteiger partial charge is 0.255 e. The molecule has 6 heteroatoms. The van der Waals surface area contributed by atoms with Crippen molar-refractivity contribution in [3.8, 4) is 11.5 Å². The molecule has 1 N–H and O–H groups in total. The number of amides is 1. The van der Waals surface area contributed by atoms with Crippen LogP contribution in [0.2, 0.25) is 0 Å². The minimum Gasteiger partial charge on any atom is -0.436 e. The molecule has 140 valence electrons. The van der Waals surface area contributed by atoms with Gasteiger partial charge in [0.25, 0.3) is 5.91 Å². The predicted octanol–water partition coefficient (Wildman–Crippen LogP) is 4.52. The molecule has 0 bridgehead atoms. The highest BCUT2D eigenvalue weighted by atomic mass is 16.3. The van der Waals surface area contributed by atoms with Gasteiger partial charge in [-0.25, -0.2) is 4.98 Å². The fraction of sp³-hybridized carbons (Fsp3) is 0.136. The van der Waals surface area contributed by atoms with Crippen molar-refractivity contribution in [1.82, 2.24) is 9.97 Å². The van der Waals surface area contributed by atoms with E-state index in [2.05, 4.69) is 15.3 Å². The molecule has 6 nitrogen and oxygen atoms in total. The number of fused-ring (bicyclic) bond motifs is 1. The largest absolute Gasteiger partial charge is 0.436 e. The highest BCUT2D eigenvalue weighted by Crippen LogP contribution is 2.26. The number of aromatic nitrogens is 2. The van der Waals surface area contributed by atoms with E-state index in [1.807, 2.05) is 68.4 Å². The van der Waals surface area contributed by atoms with E-state index in [1.54, 1.807) is 18.5 Å². The van der Waals surface area contributed by atoms with Crippen molar-refractivity contribution < 1.29 is 9.21 Å². The molecule has 4 aromatic rings. The topological polar surface area (TPSA) is 71.3 Å². The molecule has 4 rings (SSSR count). The van der Waals surface area contributed by atoms with E-state index in [0.717, 1.165) is 22.3 Å². The fourth-order valence-electron chi connectivity index (χ4n) is 3.12. The summed E-state index contributed by atoms with van der Waals surface area (Å²) in [6.07, 6.45) is 3.39. The second kappa shape index (κ2) is 7.15. The Kier molecular flexibility index (Phi) is 4.53. The zero-order valence-electron chi connectivity index (χ0n) is 15.9. The third kappa shape index (κ3) is 3.44. The lowest BCUT2D eigenvalue weighted by Gasteiger charge is -2.16. The molecule has 0 aliphatic heterocycles. The van der Waals surface area contributed by atoms with Crippen molar-refractivity contribution in [3.63, 3.8) is 0 Å². The minimum absolute atomic E-state index is 0.165. The van der Waals surface area contributed by atoms with Gasteiger partial charge in [-0.1, -0.05) is 0 Å². The number of hydrogen-bond donors (Lipinski definition) is 1. The molecule has 28 heavy (non-hydrogen) atoms. The number of pyridine rings is 1. The molecule has 0 aliphatic carbocycles. The van der Waals surface area contributed by atoms with Crippen LogP contribution < -0.4 is 10.2 Å². The molecule has 0 fully saturated rings. The molecular weight excluding hydrogens is 352 g/mol. The first-order valence-electron chi connectivity index (χ1n) is 8.91. The molecule has 0 aliphatic rings. The lowest BCUT2D eigenvalue weighted by atomic mass is 10.1. The van der Waals surface area contributed by atoms with Crippen molar-refractivity contribution in [2.24, 2.45) is 0 Å². The highest BCUT2D eigenvalue weighted by Gasteiger charge is 2.12. The second-order valence-corrected chi connectivity index (χ2v) is 6.79. The average Bonchev–Trinajstić information content (AvgIpc) is 3.11. The van der Waals surface area contributed by atoms with E-state index in [9.17, 15) is 4.79 Å². The van der Waals surface area contributed by atoms with Crippen LogP contribution in [-0.2, 0) is 0 Å². The Labute approximate surface area is 162 Å². The first-order valence-corrected chi connectivity index (χ1v) is 8.91. The van der Waals surface area contributed by atoms with Crippen LogP contribution in [0.4, 0.5) is 11.4 Å². The fourth-order valence-corrected chi connectivity index (χ4v) is 3.12. The molecule has 2 heterocycles. The lowest BCUT2D eigenvalue weighted by Crippen LogP contribution is -2.14. The van der Waals surface area contributed by atoms with E-state index in [0.29, 0.717) is 22.7 Å². The maximum atomic E-state index is 12.6. The number of anilines is 2. The van der Waals surface area contributed by atoms with Gasteiger partial charge in [-0.3, -0.25) is 9.78 Å². The molecule has 0 saturated carbocycles. The Morgan fingerprint density at radius 3 is 2.54 bits per heavy atom. The molecule has 0 saturated heterocycles. The van der Waals surface area contributed by atoms with Gasteiger partial charge in [0.05, 0.1) is 0 Å². The molecule has 2 aromatic carbocycles. The van der Waals surface area contributed by atoms with Crippen LogP contribution in [0.15, 0.2) is 65.3 Å². The Hall–Kier alpha value is -3.67. The Balaban J connectivity index is 1.58. The molecule has 0 spiro atoms. The van der Waals surface area contributed by atoms with Crippen molar-refractivity contribution in [2.45, 2.75) is 6.92 Å². The van der Waals surface area contributed by atoms with Crippen LogP contribution >= 0.6 is 0 Å². The van der Waals surface area contributed by atoms with Crippen molar-refractivity contribution in [1.29, 1.82) is 0 Å². The van der Waals surface area contributed by atoms with Gasteiger partial charge in [-0.15, -0.1) is 0 Å². The minimum atomic E-state index is -0.165. The third-order valence-corrected chi connectivity index (χ3v) is 4.51. The molecular formula is C22H20N4O2. The Bertz CT molecular complexity index is 1150. The summed E-state index contributed by atoms with van der Waals surface area (Å²) in [6.45, 7) is 1.99. The normalized spacial score (nSPS) is 10.8. The van der Waals surface area contributed by atoms with Gasteiger partial charge in [0.15, 0.2) is 5.58 Å². The monoisotopic (exact) mass is 372 g/mol. The van der Waals surface area contributed by atoms with E-state index in [4.69, 9.17) is 4.42 Å². The number of nitrogens with zero attached hydrogens (tertiary/aromatic N) is 3. The predicted molar refractivity (Wildman–Crippen MR) is 111 cm³/mol. The first kappa shape index (κ1) is 17.7. The van der Waals surface area contributed by atoms with Crippen LogP contribution in [0.5, 0.6) is 0 Å². The van der Waals surface area contributed by atoms with Gasteiger partial charge in [0.2, 0.25) is 5.89 Å². The summed E-state index contributed by atoms with van der Waals surface area (Å²) in [5.41, 5.74) is 5.60. The van der Waals surface area contributed by atoms with E-state index in [-0.39, 0.29) is 5.91 Å². The number of carbonyl (C=O) groups excluding carboxylic acids is 1. The Morgan fingerprint density at radius 1 is 1.04 bits per heavy atom. The van der Waals surface area contributed by atoms with Crippen LogP contribution in [0.25, 0.3) is 22.6 Å². The number of oxazole rings is 1. The van der Waals surface area contributed by atoms with Crippen LogP contribution in [0.1, 0.15) is 15.9 Å². The lowest BCUT2D eigenvalue weighted by molar-refractivity contribution is 0.102. The third-order valence-electron chi connectivity index (χ3n) is 4.51. The SMILES string of the molecule is Cc1cc(C(=O)Nc2ccc3nc(-c4ccncc4)oc3c2)ccc1N(C)C. The second-order valence-electron chi connectivity index (χ2n) is 6.79.